The summed E-state index contributed by atoms with van der Waals surface area (Å²) in [7, 11) is 0. The Morgan fingerprint density at radius 3 is 2.56 bits per heavy atom. The minimum absolute atomic E-state index is 0.173. The summed E-state index contributed by atoms with van der Waals surface area (Å²) in [6.45, 7) is 3.38. The van der Waals surface area contributed by atoms with E-state index >= 15 is 0 Å². The number of unbranched alkanes of at least 4 members (excludes halogenated alkanes) is 3. The quantitative estimate of drug-likeness (QED) is 0.501. The van der Waals surface area contributed by atoms with Crippen LogP contribution in [0.1, 0.15) is 25.7 Å². The van der Waals surface area contributed by atoms with Crippen LogP contribution < -0.4 is 0 Å². The molecule has 0 fully saturated rings. The molecule has 0 aliphatic carbocycles. The topological polar surface area (TPSA) is 0 Å². The fourth-order valence-electron chi connectivity index (χ4n) is 0.651. The number of allylic oxidation sites excluding steroid dienone is 2. The number of hydrogen-bond acceptors (Lipinski definition) is 0. The molecule has 0 bridgehead atoms. The molecule has 0 aromatic carbocycles. The molecule has 0 aromatic rings. The van der Waals surface area contributed by atoms with Gasteiger partial charge in [-0.25, -0.2) is 0 Å². The van der Waals surface area contributed by atoms with Gasteiger partial charge < -0.3 is 0 Å². The molecule has 0 aromatic heterocycles. The summed E-state index contributed by atoms with van der Waals surface area (Å²) in [5.41, 5.74) is 0. The molecule has 9 heavy (non-hydrogen) atoms. The molecular weight excluding hydrogens is 115 g/mol. The van der Waals surface area contributed by atoms with Crippen LogP contribution >= 0.6 is 0 Å². The summed E-state index contributed by atoms with van der Waals surface area (Å²) in [6, 6.07) is 0. The van der Waals surface area contributed by atoms with Crippen LogP contribution in [0, 0.1) is 6.92 Å². The predicted molar refractivity (Wildman–Crippen MR) is 38.9 cm³/mol. The van der Waals surface area contributed by atoms with Crippen molar-refractivity contribution in [2.75, 3.05) is 6.67 Å². The van der Waals surface area contributed by atoms with Crippen molar-refractivity contribution in [1.29, 1.82) is 0 Å². The van der Waals surface area contributed by atoms with Gasteiger partial charge in [0.15, 0.2) is 0 Å². The smallest absolute Gasteiger partial charge is 0.0894 e. The monoisotopic (exact) mass is 129 g/mol. The maximum atomic E-state index is 11.5. The Bertz CT molecular complexity index is 67.0. The van der Waals surface area contributed by atoms with E-state index in [1.165, 1.54) is 0 Å². The molecule has 0 saturated heterocycles. The second-order valence-corrected chi connectivity index (χ2v) is 2.01. The Balaban J connectivity index is 2.75. The zero-order valence-electron chi connectivity index (χ0n) is 5.78. The molecule has 0 N–H and O–H groups in total. The highest BCUT2D eigenvalue weighted by Crippen LogP contribution is 2.00. The van der Waals surface area contributed by atoms with Crippen LogP contribution in [0.2, 0.25) is 0 Å². The first-order chi connectivity index (χ1) is 4.41. The van der Waals surface area contributed by atoms with Gasteiger partial charge >= 0.3 is 0 Å². The van der Waals surface area contributed by atoms with Gasteiger partial charge in [0.25, 0.3) is 0 Å². The summed E-state index contributed by atoms with van der Waals surface area (Å²) in [5, 5.41) is 0. The van der Waals surface area contributed by atoms with Gasteiger partial charge in [-0.15, -0.1) is 0 Å². The van der Waals surface area contributed by atoms with Crippen LogP contribution in [-0.2, 0) is 0 Å². The van der Waals surface area contributed by atoms with E-state index in [1.54, 1.807) is 6.08 Å². The van der Waals surface area contributed by atoms with Crippen LogP contribution in [0.15, 0.2) is 12.2 Å². The van der Waals surface area contributed by atoms with Gasteiger partial charge in [0, 0.05) is 0 Å². The fraction of sp³-hybridized carbons (Fsp3) is 0.625. The third-order valence-corrected chi connectivity index (χ3v) is 1.17. The van der Waals surface area contributed by atoms with E-state index in [-0.39, 0.29) is 6.67 Å². The lowest BCUT2D eigenvalue weighted by Gasteiger charge is -1.91. The molecule has 0 unspecified atom stereocenters. The number of alkyl halides is 1. The summed E-state index contributed by atoms with van der Waals surface area (Å²) in [6.07, 6.45) is 7.65. The average Bonchev–Trinajstić information content (AvgIpc) is 1.89. The number of hydrogen-bond donors (Lipinski definition) is 0. The van der Waals surface area contributed by atoms with E-state index in [9.17, 15) is 4.39 Å². The highest BCUT2D eigenvalue weighted by Gasteiger charge is 1.84. The Morgan fingerprint density at radius 2 is 2.00 bits per heavy atom. The first-order valence-electron chi connectivity index (χ1n) is 3.42. The molecular formula is C8H14F. The number of rotatable bonds is 5. The summed E-state index contributed by atoms with van der Waals surface area (Å²) < 4.78 is 11.5. The molecule has 0 aliphatic rings. The molecule has 0 nitrogen and oxygen atoms in total. The first kappa shape index (κ1) is 8.67. The van der Waals surface area contributed by atoms with Gasteiger partial charge in [0.2, 0.25) is 0 Å². The number of halogens is 1. The highest BCUT2D eigenvalue weighted by molar-refractivity contribution is 4.83. The lowest BCUT2D eigenvalue weighted by Crippen LogP contribution is -1.76. The Labute approximate surface area is 56.8 Å². The van der Waals surface area contributed by atoms with Crippen LogP contribution in [0.25, 0.3) is 0 Å². The normalized spacial score (nSPS) is 10.9. The van der Waals surface area contributed by atoms with E-state index in [0.29, 0.717) is 6.42 Å². The molecule has 0 rings (SSSR count). The van der Waals surface area contributed by atoms with E-state index in [4.69, 9.17) is 0 Å². The van der Waals surface area contributed by atoms with Crippen molar-refractivity contribution in [3.63, 3.8) is 0 Å². The molecule has 53 valence electrons. The standard InChI is InChI=1S/C8H14F/c1-2-3-4-5-6-7-8-9/h2-3H,1,4-8H2/b3-2+. The minimum atomic E-state index is -0.173. The van der Waals surface area contributed by atoms with Gasteiger partial charge in [-0.3, -0.25) is 4.39 Å². The van der Waals surface area contributed by atoms with Gasteiger partial charge in [0.1, 0.15) is 0 Å². The van der Waals surface area contributed by atoms with Gasteiger partial charge in [-0.2, -0.15) is 0 Å². The molecule has 0 saturated carbocycles. The van der Waals surface area contributed by atoms with Gasteiger partial charge in [-0.05, 0) is 26.2 Å². The van der Waals surface area contributed by atoms with E-state index < -0.39 is 0 Å². The van der Waals surface area contributed by atoms with Crippen molar-refractivity contribution in [2.45, 2.75) is 25.7 Å². The van der Waals surface area contributed by atoms with Crippen molar-refractivity contribution in [1.82, 2.24) is 0 Å². The molecule has 0 spiro atoms. The van der Waals surface area contributed by atoms with Crippen LogP contribution in [-0.4, -0.2) is 6.67 Å². The Hall–Kier alpha value is -0.330. The maximum Gasteiger partial charge on any atom is 0.0894 e. The second kappa shape index (κ2) is 7.67. The average molecular weight is 129 g/mol. The zero-order chi connectivity index (χ0) is 6.95. The van der Waals surface area contributed by atoms with E-state index in [2.05, 4.69) is 6.92 Å². The maximum absolute atomic E-state index is 11.5. The van der Waals surface area contributed by atoms with Crippen LogP contribution in [0.4, 0.5) is 4.39 Å². The SMILES string of the molecule is [CH2]/C=C/CCCCCF. The van der Waals surface area contributed by atoms with Crippen molar-refractivity contribution in [3.8, 4) is 0 Å². The van der Waals surface area contributed by atoms with Gasteiger partial charge in [-0.1, -0.05) is 18.6 Å². The first-order valence-corrected chi connectivity index (χ1v) is 3.42. The summed E-state index contributed by atoms with van der Waals surface area (Å²) in [5.74, 6) is 0. The summed E-state index contributed by atoms with van der Waals surface area (Å²) in [4.78, 5) is 0. The lowest BCUT2D eigenvalue weighted by molar-refractivity contribution is 0.457. The van der Waals surface area contributed by atoms with Crippen molar-refractivity contribution in [3.05, 3.63) is 19.1 Å². The zero-order valence-corrected chi connectivity index (χ0v) is 5.78. The van der Waals surface area contributed by atoms with E-state index in [1.807, 2.05) is 6.08 Å². The largest absolute Gasteiger partial charge is 0.251 e. The van der Waals surface area contributed by atoms with Crippen LogP contribution in [0.5, 0.6) is 0 Å². The third-order valence-electron chi connectivity index (χ3n) is 1.17. The highest BCUT2D eigenvalue weighted by atomic mass is 19.1. The molecule has 1 radical (unpaired) electrons. The predicted octanol–water partition coefficient (Wildman–Crippen LogP) is 2.91. The van der Waals surface area contributed by atoms with E-state index in [0.717, 1.165) is 19.3 Å². The van der Waals surface area contributed by atoms with Gasteiger partial charge in [0.05, 0.1) is 6.67 Å². The van der Waals surface area contributed by atoms with Crippen molar-refractivity contribution >= 4 is 0 Å². The minimum Gasteiger partial charge on any atom is -0.251 e. The fourth-order valence-corrected chi connectivity index (χ4v) is 0.651. The third kappa shape index (κ3) is 7.67. The second-order valence-electron chi connectivity index (χ2n) is 2.01. The van der Waals surface area contributed by atoms with Crippen molar-refractivity contribution in [2.24, 2.45) is 0 Å². The molecule has 1 heteroatoms. The lowest BCUT2D eigenvalue weighted by atomic mass is 10.2. The molecule has 0 amide bonds. The van der Waals surface area contributed by atoms with Crippen LogP contribution in [0.3, 0.4) is 0 Å². The molecule has 0 aliphatic heterocycles. The Morgan fingerprint density at radius 1 is 1.22 bits per heavy atom. The molecule has 0 atom stereocenters. The Kier molecular flexibility index (Phi) is 7.39. The molecule has 0 heterocycles. The van der Waals surface area contributed by atoms with Crippen molar-refractivity contribution < 1.29 is 4.39 Å². The summed E-state index contributed by atoms with van der Waals surface area (Å²) >= 11 is 0.